The standard InChI is InChI=1S/C24H30N2O3Si/c1-5-28-22-16-17-26(23(27)25-22)18-19-29-30(24(2,3)4,20-12-8-6-9-13-20)21-14-10-7-11-15-21/h6-17H,5,18-19H2,1-4H3. The highest BCUT2D eigenvalue weighted by Gasteiger charge is 2.49. The molecule has 30 heavy (non-hydrogen) atoms. The summed E-state index contributed by atoms with van der Waals surface area (Å²) in [5.41, 5.74) is -0.327. The zero-order valence-electron chi connectivity index (χ0n) is 18.2. The van der Waals surface area contributed by atoms with Crippen LogP contribution in [0.4, 0.5) is 0 Å². The minimum atomic E-state index is -2.60. The molecule has 0 spiro atoms. The van der Waals surface area contributed by atoms with E-state index in [1.54, 1.807) is 16.8 Å². The predicted octanol–water partition coefficient (Wildman–Crippen LogP) is 3.22. The number of hydrogen-bond acceptors (Lipinski definition) is 4. The zero-order valence-corrected chi connectivity index (χ0v) is 19.2. The summed E-state index contributed by atoms with van der Waals surface area (Å²) < 4.78 is 13.7. The van der Waals surface area contributed by atoms with E-state index < -0.39 is 8.32 Å². The molecule has 0 radical (unpaired) electrons. The van der Waals surface area contributed by atoms with Gasteiger partial charge >= 0.3 is 5.69 Å². The van der Waals surface area contributed by atoms with Gasteiger partial charge < -0.3 is 9.16 Å². The van der Waals surface area contributed by atoms with Crippen LogP contribution in [0.3, 0.4) is 0 Å². The quantitative estimate of drug-likeness (QED) is 0.523. The van der Waals surface area contributed by atoms with Gasteiger partial charge in [-0.25, -0.2) is 4.79 Å². The Bertz CT molecular complexity index is 959. The van der Waals surface area contributed by atoms with Gasteiger partial charge in [-0.1, -0.05) is 81.4 Å². The van der Waals surface area contributed by atoms with Crippen molar-refractivity contribution in [3.63, 3.8) is 0 Å². The monoisotopic (exact) mass is 422 g/mol. The minimum Gasteiger partial charge on any atom is -0.478 e. The molecule has 158 valence electrons. The molecule has 2 aromatic carbocycles. The predicted molar refractivity (Wildman–Crippen MR) is 123 cm³/mol. The molecule has 6 heteroatoms. The fourth-order valence-electron chi connectivity index (χ4n) is 3.87. The highest BCUT2D eigenvalue weighted by Crippen LogP contribution is 2.36. The lowest BCUT2D eigenvalue weighted by Gasteiger charge is -2.43. The number of nitrogens with zero attached hydrogens (tertiary/aromatic N) is 2. The average molecular weight is 423 g/mol. The molecule has 0 fully saturated rings. The van der Waals surface area contributed by atoms with Crippen LogP contribution in [0.1, 0.15) is 27.7 Å². The third-order valence-electron chi connectivity index (χ3n) is 5.21. The van der Waals surface area contributed by atoms with Crippen LogP contribution in [0.2, 0.25) is 5.04 Å². The average Bonchev–Trinajstić information content (AvgIpc) is 2.73. The fraction of sp³-hybridized carbons (Fsp3) is 0.333. The fourth-order valence-corrected chi connectivity index (χ4v) is 8.42. The molecule has 0 atom stereocenters. The zero-order chi connectivity index (χ0) is 21.6. The van der Waals surface area contributed by atoms with E-state index in [1.807, 2.05) is 19.1 Å². The van der Waals surface area contributed by atoms with Crippen molar-refractivity contribution in [1.82, 2.24) is 9.55 Å². The van der Waals surface area contributed by atoms with Crippen LogP contribution >= 0.6 is 0 Å². The normalized spacial score (nSPS) is 12.0. The van der Waals surface area contributed by atoms with E-state index in [-0.39, 0.29) is 10.7 Å². The van der Waals surface area contributed by atoms with Gasteiger partial charge in [0.1, 0.15) is 0 Å². The topological polar surface area (TPSA) is 53.4 Å². The Morgan fingerprint density at radius 3 is 1.97 bits per heavy atom. The Hall–Kier alpha value is -2.70. The summed E-state index contributed by atoms with van der Waals surface area (Å²) in [5, 5.41) is 2.35. The molecule has 0 aliphatic rings. The highest BCUT2D eigenvalue weighted by atomic mass is 28.4. The van der Waals surface area contributed by atoms with Crippen LogP contribution in [0.5, 0.6) is 5.88 Å². The van der Waals surface area contributed by atoms with Crippen molar-refractivity contribution in [2.45, 2.75) is 39.3 Å². The van der Waals surface area contributed by atoms with Crippen molar-refractivity contribution in [3.8, 4) is 5.88 Å². The van der Waals surface area contributed by atoms with Crippen molar-refractivity contribution in [3.05, 3.63) is 83.4 Å². The third kappa shape index (κ3) is 4.55. The molecule has 0 aliphatic heterocycles. The van der Waals surface area contributed by atoms with E-state index in [1.165, 1.54) is 10.4 Å². The Balaban J connectivity index is 1.93. The van der Waals surface area contributed by atoms with Gasteiger partial charge in [0, 0.05) is 18.8 Å². The van der Waals surface area contributed by atoms with Gasteiger partial charge in [0.05, 0.1) is 13.2 Å². The van der Waals surface area contributed by atoms with E-state index >= 15 is 0 Å². The maximum Gasteiger partial charge on any atom is 0.350 e. The first-order valence-corrected chi connectivity index (χ1v) is 12.2. The van der Waals surface area contributed by atoms with Crippen molar-refractivity contribution < 1.29 is 9.16 Å². The van der Waals surface area contributed by atoms with E-state index in [0.717, 1.165) is 0 Å². The number of benzene rings is 2. The van der Waals surface area contributed by atoms with E-state index in [0.29, 0.717) is 25.6 Å². The van der Waals surface area contributed by atoms with Crippen molar-refractivity contribution >= 4 is 18.7 Å². The third-order valence-corrected chi connectivity index (χ3v) is 10.3. The maximum atomic E-state index is 12.3. The summed E-state index contributed by atoms with van der Waals surface area (Å²) in [6, 6.07) is 22.7. The molecule has 3 aromatic rings. The smallest absolute Gasteiger partial charge is 0.350 e. The molecule has 1 heterocycles. The number of ether oxygens (including phenoxy) is 1. The first kappa shape index (κ1) is 22.0. The molecule has 0 saturated carbocycles. The summed E-state index contributed by atoms with van der Waals surface area (Å²) >= 11 is 0. The molecular formula is C24H30N2O3Si. The number of hydrogen-bond donors (Lipinski definition) is 0. The SMILES string of the molecule is CCOc1ccn(CCO[Si](c2ccccc2)(c2ccccc2)C(C)(C)C)c(=O)n1. The van der Waals surface area contributed by atoms with Gasteiger partial charge in [0.2, 0.25) is 5.88 Å². The molecule has 0 aliphatic carbocycles. The van der Waals surface area contributed by atoms with Gasteiger partial charge in [0.15, 0.2) is 0 Å². The lowest BCUT2D eigenvalue weighted by Crippen LogP contribution is -2.66. The Morgan fingerprint density at radius 1 is 0.933 bits per heavy atom. The van der Waals surface area contributed by atoms with E-state index in [2.05, 4.69) is 74.3 Å². The summed E-state index contributed by atoms with van der Waals surface area (Å²) in [6.45, 7) is 9.92. The maximum absolute atomic E-state index is 12.3. The summed E-state index contributed by atoms with van der Waals surface area (Å²) in [7, 11) is -2.60. The molecule has 0 saturated heterocycles. The van der Waals surface area contributed by atoms with Gasteiger partial charge in [-0.3, -0.25) is 4.57 Å². The molecule has 0 unspecified atom stereocenters. The second-order valence-electron chi connectivity index (χ2n) is 8.19. The Morgan fingerprint density at radius 2 is 1.50 bits per heavy atom. The van der Waals surface area contributed by atoms with E-state index in [4.69, 9.17) is 9.16 Å². The molecule has 0 bridgehead atoms. The van der Waals surface area contributed by atoms with Gasteiger partial charge in [0.25, 0.3) is 8.32 Å². The van der Waals surface area contributed by atoms with Crippen LogP contribution in [0, 0.1) is 0 Å². The van der Waals surface area contributed by atoms with Gasteiger partial charge in [-0.05, 0) is 22.3 Å². The highest BCUT2D eigenvalue weighted by molar-refractivity contribution is 6.99. The van der Waals surface area contributed by atoms with Crippen LogP contribution in [-0.4, -0.2) is 31.1 Å². The Kier molecular flexibility index (Phi) is 6.90. The van der Waals surface area contributed by atoms with Gasteiger partial charge in [-0.2, -0.15) is 4.98 Å². The second-order valence-corrected chi connectivity index (χ2v) is 12.5. The van der Waals surface area contributed by atoms with Gasteiger partial charge in [-0.15, -0.1) is 0 Å². The molecule has 0 N–H and O–H groups in total. The van der Waals surface area contributed by atoms with Crippen LogP contribution in [0.15, 0.2) is 77.7 Å². The molecule has 1 aromatic heterocycles. The molecule has 0 amide bonds. The largest absolute Gasteiger partial charge is 0.478 e. The lowest BCUT2D eigenvalue weighted by molar-refractivity contribution is 0.276. The van der Waals surface area contributed by atoms with Crippen LogP contribution in [0.25, 0.3) is 0 Å². The lowest BCUT2D eigenvalue weighted by atomic mass is 10.2. The first-order valence-electron chi connectivity index (χ1n) is 10.3. The first-order chi connectivity index (χ1) is 14.4. The molecular weight excluding hydrogens is 392 g/mol. The molecule has 3 rings (SSSR count). The summed E-state index contributed by atoms with van der Waals surface area (Å²) in [5.74, 6) is 0.353. The minimum absolute atomic E-state index is 0.0995. The van der Waals surface area contributed by atoms with Crippen molar-refractivity contribution in [2.75, 3.05) is 13.2 Å². The van der Waals surface area contributed by atoms with Crippen LogP contribution in [-0.2, 0) is 11.0 Å². The Labute approximate surface area is 179 Å². The summed E-state index contributed by atoms with van der Waals surface area (Å²) in [6.07, 6.45) is 1.72. The van der Waals surface area contributed by atoms with E-state index in [9.17, 15) is 4.79 Å². The number of rotatable bonds is 8. The second kappa shape index (κ2) is 9.41. The van der Waals surface area contributed by atoms with Crippen molar-refractivity contribution in [1.29, 1.82) is 0 Å². The number of aromatic nitrogens is 2. The van der Waals surface area contributed by atoms with Crippen molar-refractivity contribution in [2.24, 2.45) is 0 Å². The molecule has 5 nitrogen and oxygen atoms in total. The summed E-state index contributed by atoms with van der Waals surface area (Å²) in [4.78, 5) is 16.3. The van der Waals surface area contributed by atoms with Crippen LogP contribution < -0.4 is 20.8 Å².